The lowest BCUT2D eigenvalue weighted by Gasteiger charge is -2.09. The van der Waals surface area contributed by atoms with Gasteiger partial charge >= 0.3 is 0 Å². The Morgan fingerprint density at radius 3 is 2.79 bits per heavy atom. The van der Waals surface area contributed by atoms with Crippen molar-refractivity contribution in [3.63, 3.8) is 0 Å². The molecule has 2 aromatic rings. The first-order valence-corrected chi connectivity index (χ1v) is 5.84. The van der Waals surface area contributed by atoms with Gasteiger partial charge < -0.3 is 11.1 Å². The number of carbonyl (C=O) groups excluding carboxylic acids is 1. The fourth-order valence-electron chi connectivity index (χ4n) is 1.58. The zero-order valence-electron chi connectivity index (χ0n) is 10.1. The summed E-state index contributed by atoms with van der Waals surface area (Å²) in [7, 11) is 0. The van der Waals surface area contributed by atoms with Gasteiger partial charge in [-0.05, 0) is 37.3 Å². The topological polar surface area (TPSA) is 68.0 Å². The standard InChI is InChI=1S/C13H11ClFN3O/c1-7-11(4-5-12(14)17-7)18-13(19)9-6-8(15)2-3-10(9)16/h2-6H,16H2,1H3,(H,18,19). The zero-order chi connectivity index (χ0) is 14.0. The number of nitrogens with zero attached hydrogens (tertiary/aromatic N) is 1. The van der Waals surface area contributed by atoms with E-state index in [0.717, 1.165) is 6.07 Å². The molecule has 0 fully saturated rings. The Morgan fingerprint density at radius 1 is 1.37 bits per heavy atom. The fraction of sp³-hybridized carbons (Fsp3) is 0.0769. The number of halogens is 2. The number of rotatable bonds is 2. The third-order valence-corrected chi connectivity index (χ3v) is 2.77. The van der Waals surface area contributed by atoms with E-state index in [1.165, 1.54) is 12.1 Å². The number of nitrogens with one attached hydrogen (secondary N) is 1. The van der Waals surface area contributed by atoms with Crippen molar-refractivity contribution in [1.82, 2.24) is 4.98 Å². The second-order valence-corrected chi connectivity index (χ2v) is 4.34. The number of anilines is 2. The van der Waals surface area contributed by atoms with Gasteiger partial charge in [0.2, 0.25) is 0 Å². The molecule has 0 spiro atoms. The van der Waals surface area contributed by atoms with Crippen LogP contribution >= 0.6 is 11.6 Å². The van der Waals surface area contributed by atoms with Crippen LogP contribution in [0.1, 0.15) is 16.1 Å². The second-order valence-electron chi connectivity index (χ2n) is 3.95. The van der Waals surface area contributed by atoms with Gasteiger partial charge in [0, 0.05) is 5.69 Å². The highest BCUT2D eigenvalue weighted by Crippen LogP contribution is 2.19. The van der Waals surface area contributed by atoms with Crippen molar-refractivity contribution < 1.29 is 9.18 Å². The van der Waals surface area contributed by atoms with Crippen LogP contribution in [0.5, 0.6) is 0 Å². The zero-order valence-corrected chi connectivity index (χ0v) is 10.8. The Morgan fingerprint density at radius 2 is 2.11 bits per heavy atom. The van der Waals surface area contributed by atoms with E-state index in [9.17, 15) is 9.18 Å². The molecule has 0 bridgehead atoms. The lowest BCUT2D eigenvalue weighted by Crippen LogP contribution is -2.15. The predicted molar refractivity (Wildman–Crippen MR) is 72.7 cm³/mol. The molecular weight excluding hydrogens is 269 g/mol. The van der Waals surface area contributed by atoms with Gasteiger partial charge in [-0.1, -0.05) is 11.6 Å². The lowest BCUT2D eigenvalue weighted by atomic mass is 10.1. The van der Waals surface area contributed by atoms with E-state index in [1.807, 2.05) is 0 Å². The van der Waals surface area contributed by atoms with Crippen molar-refractivity contribution in [1.29, 1.82) is 0 Å². The third-order valence-electron chi connectivity index (χ3n) is 2.56. The van der Waals surface area contributed by atoms with Crippen LogP contribution in [0.15, 0.2) is 30.3 Å². The molecule has 0 unspecified atom stereocenters. The number of aryl methyl sites for hydroxylation is 1. The molecule has 0 aliphatic heterocycles. The molecule has 1 amide bonds. The van der Waals surface area contributed by atoms with E-state index in [1.54, 1.807) is 19.1 Å². The molecule has 19 heavy (non-hydrogen) atoms. The first kappa shape index (κ1) is 13.3. The van der Waals surface area contributed by atoms with Crippen LogP contribution in [0.2, 0.25) is 5.15 Å². The minimum Gasteiger partial charge on any atom is -0.398 e. The summed E-state index contributed by atoms with van der Waals surface area (Å²) in [6.07, 6.45) is 0. The highest BCUT2D eigenvalue weighted by molar-refractivity contribution is 6.29. The van der Waals surface area contributed by atoms with Crippen LogP contribution in [0.25, 0.3) is 0 Å². The van der Waals surface area contributed by atoms with Gasteiger partial charge in [-0.2, -0.15) is 0 Å². The van der Waals surface area contributed by atoms with Crippen molar-refractivity contribution in [2.75, 3.05) is 11.1 Å². The Balaban J connectivity index is 2.28. The monoisotopic (exact) mass is 279 g/mol. The minimum absolute atomic E-state index is 0.0781. The number of amides is 1. The summed E-state index contributed by atoms with van der Waals surface area (Å²) < 4.78 is 13.1. The number of carbonyl (C=O) groups is 1. The maximum atomic E-state index is 13.1. The highest BCUT2D eigenvalue weighted by atomic mass is 35.5. The maximum absolute atomic E-state index is 13.1. The van der Waals surface area contributed by atoms with E-state index in [2.05, 4.69) is 10.3 Å². The molecule has 6 heteroatoms. The van der Waals surface area contributed by atoms with Crippen LogP contribution in [0, 0.1) is 12.7 Å². The Labute approximate surface area is 114 Å². The van der Waals surface area contributed by atoms with Gasteiger partial charge in [-0.15, -0.1) is 0 Å². The number of hydrogen-bond donors (Lipinski definition) is 2. The highest BCUT2D eigenvalue weighted by Gasteiger charge is 2.12. The third kappa shape index (κ3) is 3.00. The first-order chi connectivity index (χ1) is 8.97. The Bertz CT molecular complexity index is 646. The molecule has 0 saturated heterocycles. The summed E-state index contributed by atoms with van der Waals surface area (Å²) >= 11 is 5.72. The number of pyridine rings is 1. The van der Waals surface area contributed by atoms with E-state index in [4.69, 9.17) is 17.3 Å². The molecule has 0 saturated carbocycles. The van der Waals surface area contributed by atoms with E-state index < -0.39 is 11.7 Å². The maximum Gasteiger partial charge on any atom is 0.257 e. The number of hydrogen-bond acceptors (Lipinski definition) is 3. The smallest absolute Gasteiger partial charge is 0.257 e. The summed E-state index contributed by atoms with van der Waals surface area (Å²) in [6, 6.07) is 6.80. The molecule has 0 radical (unpaired) electrons. The summed E-state index contributed by atoms with van der Waals surface area (Å²) in [6.45, 7) is 1.70. The summed E-state index contributed by atoms with van der Waals surface area (Å²) in [5, 5.41) is 2.95. The molecule has 3 N–H and O–H groups in total. The molecule has 1 aromatic carbocycles. The first-order valence-electron chi connectivity index (χ1n) is 5.47. The predicted octanol–water partition coefficient (Wildman–Crippen LogP) is 3.02. The van der Waals surface area contributed by atoms with Crippen LogP contribution < -0.4 is 11.1 Å². The molecule has 1 heterocycles. The van der Waals surface area contributed by atoms with Crippen LogP contribution in [-0.2, 0) is 0 Å². The van der Waals surface area contributed by atoms with Gasteiger partial charge in [0.15, 0.2) is 0 Å². The second kappa shape index (κ2) is 5.24. The van der Waals surface area contributed by atoms with Crippen molar-refractivity contribution in [3.8, 4) is 0 Å². The Kier molecular flexibility index (Phi) is 3.66. The van der Waals surface area contributed by atoms with E-state index >= 15 is 0 Å². The van der Waals surface area contributed by atoms with E-state index in [0.29, 0.717) is 16.5 Å². The van der Waals surface area contributed by atoms with Crippen LogP contribution in [-0.4, -0.2) is 10.9 Å². The number of benzene rings is 1. The SMILES string of the molecule is Cc1nc(Cl)ccc1NC(=O)c1cc(F)ccc1N. The molecule has 0 aliphatic rings. The molecule has 98 valence electrons. The van der Waals surface area contributed by atoms with Crippen molar-refractivity contribution >= 4 is 28.9 Å². The number of nitrogen functional groups attached to an aromatic ring is 1. The molecule has 0 aliphatic carbocycles. The normalized spacial score (nSPS) is 10.3. The minimum atomic E-state index is -0.523. The molecule has 1 aromatic heterocycles. The largest absolute Gasteiger partial charge is 0.398 e. The average Bonchev–Trinajstić information content (AvgIpc) is 2.35. The van der Waals surface area contributed by atoms with Crippen molar-refractivity contribution in [3.05, 3.63) is 52.6 Å². The van der Waals surface area contributed by atoms with Gasteiger partial charge in [0.1, 0.15) is 11.0 Å². The summed E-state index contributed by atoms with van der Waals surface area (Å²) in [4.78, 5) is 16.0. The number of aromatic nitrogens is 1. The summed E-state index contributed by atoms with van der Waals surface area (Å²) in [5.41, 5.74) is 6.99. The van der Waals surface area contributed by atoms with Gasteiger partial charge in [-0.25, -0.2) is 9.37 Å². The van der Waals surface area contributed by atoms with Gasteiger partial charge in [-0.3, -0.25) is 4.79 Å². The van der Waals surface area contributed by atoms with Gasteiger partial charge in [0.05, 0.1) is 16.9 Å². The van der Waals surface area contributed by atoms with E-state index in [-0.39, 0.29) is 11.3 Å². The molecule has 2 rings (SSSR count). The quantitative estimate of drug-likeness (QED) is 0.656. The van der Waals surface area contributed by atoms with Crippen molar-refractivity contribution in [2.24, 2.45) is 0 Å². The average molecular weight is 280 g/mol. The molecule has 0 atom stereocenters. The molecule has 4 nitrogen and oxygen atoms in total. The Hall–Kier alpha value is -2.14. The number of nitrogens with two attached hydrogens (primary N) is 1. The lowest BCUT2D eigenvalue weighted by molar-refractivity contribution is 0.102. The fourth-order valence-corrected chi connectivity index (χ4v) is 1.77. The van der Waals surface area contributed by atoms with Gasteiger partial charge in [0.25, 0.3) is 5.91 Å². The summed E-state index contributed by atoms with van der Waals surface area (Å²) in [5.74, 6) is -1.02. The van der Waals surface area contributed by atoms with Crippen LogP contribution in [0.3, 0.4) is 0 Å². The van der Waals surface area contributed by atoms with Crippen LogP contribution in [0.4, 0.5) is 15.8 Å². The molecular formula is C13H11ClFN3O. The van der Waals surface area contributed by atoms with Crippen molar-refractivity contribution in [2.45, 2.75) is 6.92 Å².